The highest BCUT2D eigenvalue weighted by molar-refractivity contribution is 9.10. The molecule has 0 aliphatic carbocycles. The zero-order valence-electron chi connectivity index (χ0n) is 10.4. The van der Waals surface area contributed by atoms with E-state index in [2.05, 4.69) is 31.9 Å². The molecule has 2 aromatic carbocycles. The summed E-state index contributed by atoms with van der Waals surface area (Å²) in [7, 11) is 1.64. The molecule has 19 heavy (non-hydrogen) atoms. The number of benzene rings is 2. The molecule has 0 aromatic heterocycles. The Morgan fingerprint density at radius 3 is 2.68 bits per heavy atom. The highest BCUT2D eigenvalue weighted by atomic mass is 79.9. The van der Waals surface area contributed by atoms with Crippen molar-refractivity contribution in [1.29, 1.82) is 0 Å². The van der Waals surface area contributed by atoms with Crippen molar-refractivity contribution < 1.29 is 9.13 Å². The van der Waals surface area contributed by atoms with E-state index >= 15 is 0 Å². The predicted octanol–water partition coefficient (Wildman–Crippen LogP) is 5.28. The van der Waals surface area contributed by atoms with Crippen molar-refractivity contribution >= 4 is 31.9 Å². The van der Waals surface area contributed by atoms with E-state index < -0.39 is 0 Å². The SMILES string of the molecule is COc1ccccc1CC(Br)c1cc(Br)ccc1F. The number of hydrogen-bond acceptors (Lipinski definition) is 1. The van der Waals surface area contributed by atoms with Gasteiger partial charge in [0.25, 0.3) is 0 Å². The van der Waals surface area contributed by atoms with Gasteiger partial charge in [0, 0.05) is 14.9 Å². The molecule has 0 saturated carbocycles. The van der Waals surface area contributed by atoms with Crippen LogP contribution in [-0.2, 0) is 6.42 Å². The van der Waals surface area contributed by atoms with Gasteiger partial charge in [-0.05, 0) is 36.2 Å². The van der Waals surface area contributed by atoms with Gasteiger partial charge in [0.05, 0.1) is 7.11 Å². The van der Waals surface area contributed by atoms with E-state index in [1.165, 1.54) is 6.07 Å². The lowest BCUT2D eigenvalue weighted by molar-refractivity contribution is 0.409. The van der Waals surface area contributed by atoms with E-state index in [1.54, 1.807) is 19.2 Å². The normalized spacial score (nSPS) is 12.2. The minimum Gasteiger partial charge on any atom is -0.496 e. The standard InChI is InChI=1S/C15H13Br2FO/c1-19-15-5-3-2-4-10(15)8-13(17)12-9-11(16)6-7-14(12)18/h2-7,9,13H,8H2,1H3. The minimum atomic E-state index is -0.208. The van der Waals surface area contributed by atoms with Crippen LogP contribution in [0.4, 0.5) is 4.39 Å². The van der Waals surface area contributed by atoms with Crippen LogP contribution in [0.1, 0.15) is 16.0 Å². The van der Waals surface area contributed by atoms with Gasteiger partial charge in [-0.25, -0.2) is 4.39 Å². The van der Waals surface area contributed by atoms with E-state index in [0.717, 1.165) is 15.8 Å². The van der Waals surface area contributed by atoms with Crippen molar-refractivity contribution in [2.24, 2.45) is 0 Å². The van der Waals surface area contributed by atoms with Crippen LogP contribution in [-0.4, -0.2) is 7.11 Å². The van der Waals surface area contributed by atoms with Crippen molar-refractivity contribution in [1.82, 2.24) is 0 Å². The minimum absolute atomic E-state index is 0.0960. The van der Waals surface area contributed by atoms with Gasteiger partial charge in [-0.15, -0.1) is 0 Å². The van der Waals surface area contributed by atoms with Crippen LogP contribution < -0.4 is 4.74 Å². The maximum absolute atomic E-state index is 13.8. The summed E-state index contributed by atoms with van der Waals surface area (Å²) < 4.78 is 20.0. The van der Waals surface area contributed by atoms with Gasteiger partial charge in [0.2, 0.25) is 0 Å². The van der Waals surface area contributed by atoms with Crippen LogP contribution in [0.5, 0.6) is 5.75 Å². The monoisotopic (exact) mass is 386 g/mol. The Bertz CT molecular complexity index is 572. The molecule has 1 atom stereocenters. The summed E-state index contributed by atoms with van der Waals surface area (Å²) >= 11 is 6.92. The smallest absolute Gasteiger partial charge is 0.127 e. The highest BCUT2D eigenvalue weighted by Crippen LogP contribution is 2.33. The Morgan fingerprint density at radius 2 is 1.95 bits per heavy atom. The second-order valence-corrected chi connectivity index (χ2v) is 6.17. The maximum Gasteiger partial charge on any atom is 0.127 e. The lowest BCUT2D eigenvalue weighted by atomic mass is 10.0. The Kier molecular flexibility index (Phi) is 4.99. The molecular weight excluding hydrogens is 375 g/mol. The highest BCUT2D eigenvalue weighted by Gasteiger charge is 2.15. The van der Waals surface area contributed by atoms with Crippen LogP contribution in [0.3, 0.4) is 0 Å². The van der Waals surface area contributed by atoms with E-state index in [9.17, 15) is 4.39 Å². The second kappa shape index (κ2) is 6.53. The number of hydrogen-bond donors (Lipinski definition) is 0. The van der Waals surface area contributed by atoms with Gasteiger partial charge < -0.3 is 4.74 Å². The largest absolute Gasteiger partial charge is 0.496 e. The van der Waals surface area contributed by atoms with Gasteiger partial charge in [0.15, 0.2) is 0 Å². The molecular formula is C15H13Br2FO. The summed E-state index contributed by atoms with van der Waals surface area (Å²) in [5.41, 5.74) is 1.69. The molecule has 0 amide bonds. The molecule has 0 heterocycles. The molecule has 0 radical (unpaired) electrons. The van der Waals surface area contributed by atoms with Crippen LogP contribution in [0.25, 0.3) is 0 Å². The molecule has 1 unspecified atom stereocenters. The summed E-state index contributed by atoms with van der Waals surface area (Å²) in [6.07, 6.45) is 0.664. The van der Waals surface area contributed by atoms with Crippen molar-refractivity contribution in [3.8, 4) is 5.75 Å². The Morgan fingerprint density at radius 1 is 1.21 bits per heavy atom. The molecule has 2 aromatic rings. The molecule has 0 aliphatic rings. The average Bonchev–Trinajstić information content (AvgIpc) is 2.42. The Hall–Kier alpha value is -0.870. The van der Waals surface area contributed by atoms with Crippen LogP contribution in [0.2, 0.25) is 0 Å². The van der Waals surface area contributed by atoms with E-state index in [0.29, 0.717) is 12.0 Å². The molecule has 2 rings (SSSR count). The first-order valence-corrected chi connectivity index (χ1v) is 7.53. The molecule has 0 spiro atoms. The molecule has 0 aliphatic heterocycles. The van der Waals surface area contributed by atoms with Gasteiger partial charge in [-0.1, -0.05) is 50.1 Å². The van der Waals surface area contributed by atoms with Crippen molar-refractivity contribution in [3.05, 3.63) is 63.9 Å². The predicted molar refractivity (Wildman–Crippen MR) is 82.5 cm³/mol. The van der Waals surface area contributed by atoms with Crippen LogP contribution in [0.15, 0.2) is 46.9 Å². The van der Waals surface area contributed by atoms with Gasteiger partial charge in [-0.2, -0.15) is 0 Å². The number of halogens is 3. The molecule has 100 valence electrons. The summed E-state index contributed by atoms with van der Waals surface area (Å²) in [5, 5.41) is 0. The first-order valence-electron chi connectivity index (χ1n) is 5.82. The molecule has 0 N–H and O–H groups in total. The van der Waals surface area contributed by atoms with Gasteiger partial charge in [-0.3, -0.25) is 0 Å². The third-order valence-electron chi connectivity index (χ3n) is 2.89. The van der Waals surface area contributed by atoms with E-state index in [1.807, 2.05) is 24.3 Å². The van der Waals surface area contributed by atoms with Gasteiger partial charge in [0.1, 0.15) is 11.6 Å². The summed E-state index contributed by atoms with van der Waals surface area (Å²) in [4.78, 5) is -0.0960. The van der Waals surface area contributed by atoms with Crippen LogP contribution in [0, 0.1) is 5.82 Å². The first kappa shape index (κ1) is 14.5. The summed E-state index contributed by atoms with van der Waals surface area (Å²) in [5.74, 6) is 0.613. The molecule has 0 saturated heterocycles. The number of alkyl halides is 1. The van der Waals surface area contributed by atoms with Crippen molar-refractivity contribution in [2.75, 3.05) is 7.11 Å². The first-order chi connectivity index (χ1) is 9.11. The number of methoxy groups -OCH3 is 1. The molecule has 1 nitrogen and oxygen atoms in total. The second-order valence-electron chi connectivity index (χ2n) is 4.15. The number of ether oxygens (including phenoxy) is 1. The molecule has 4 heteroatoms. The summed E-state index contributed by atoms with van der Waals surface area (Å²) in [6, 6.07) is 12.7. The van der Waals surface area contributed by atoms with Crippen molar-refractivity contribution in [3.63, 3.8) is 0 Å². The Labute approximate surface area is 129 Å². The fourth-order valence-electron chi connectivity index (χ4n) is 1.93. The van der Waals surface area contributed by atoms with Crippen molar-refractivity contribution in [2.45, 2.75) is 11.2 Å². The zero-order chi connectivity index (χ0) is 13.8. The maximum atomic E-state index is 13.8. The van der Waals surface area contributed by atoms with E-state index in [-0.39, 0.29) is 10.6 Å². The van der Waals surface area contributed by atoms with E-state index in [4.69, 9.17) is 4.74 Å². The van der Waals surface area contributed by atoms with Crippen LogP contribution >= 0.6 is 31.9 Å². The summed E-state index contributed by atoms with van der Waals surface area (Å²) in [6.45, 7) is 0. The topological polar surface area (TPSA) is 9.23 Å². The average molecular weight is 388 g/mol. The third kappa shape index (κ3) is 3.57. The van der Waals surface area contributed by atoms with Gasteiger partial charge >= 0.3 is 0 Å². The quantitative estimate of drug-likeness (QED) is 0.649. The lowest BCUT2D eigenvalue weighted by Gasteiger charge is -2.14. The molecule has 0 fully saturated rings. The zero-order valence-corrected chi connectivity index (χ0v) is 13.5. The fourth-order valence-corrected chi connectivity index (χ4v) is 3.01. The number of para-hydroxylation sites is 1. The lowest BCUT2D eigenvalue weighted by Crippen LogP contribution is -2.00. The number of rotatable bonds is 4. The Balaban J connectivity index is 2.25. The fraction of sp³-hybridized carbons (Fsp3) is 0.200. The third-order valence-corrected chi connectivity index (χ3v) is 4.20. The molecule has 0 bridgehead atoms.